The van der Waals surface area contributed by atoms with Gasteiger partial charge in [-0.1, -0.05) is 11.6 Å². The van der Waals surface area contributed by atoms with Crippen molar-refractivity contribution in [2.75, 3.05) is 18.1 Å². The number of nitrogens with one attached hydrogen (secondary N) is 1. The van der Waals surface area contributed by atoms with E-state index >= 15 is 0 Å². The highest BCUT2D eigenvalue weighted by Crippen LogP contribution is 2.27. The summed E-state index contributed by atoms with van der Waals surface area (Å²) in [4.78, 5) is 23.9. The average molecular weight is 404 g/mol. The summed E-state index contributed by atoms with van der Waals surface area (Å²) in [6, 6.07) is 3.01. The first-order valence-electron chi connectivity index (χ1n) is 8.17. The van der Waals surface area contributed by atoms with Gasteiger partial charge in [0.2, 0.25) is 0 Å². The van der Waals surface area contributed by atoms with Crippen molar-refractivity contribution in [2.45, 2.75) is 39.3 Å². The summed E-state index contributed by atoms with van der Waals surface area (Å²) >= 11 is 5.95. The third kappa shape index (κ3) is 5.60. The Kier molecular flexibility index (Phi) is 6.52. The van der Waals surface area contributed by atoms with E-state index in [1.165, 1.54) is 6.92 Å². The Balaban J connectivity index is 1.83. The molecular weight excluding hydrogens is 382 g/mol. The lowest BCUT2D eigenvalue weighted by molar-refractivity contribution is -0.156. The molecule has 0 bridgehead atoms. The molecule has 1 aliphatic heterocycles. The molecular formula is C17H22ClNO6S. The highest BCUT2D eigenvalue weighted by molar-refractivity contribution is 7.91. The maximum atomic E-state index is 12.0. The van der Waals surface area contributed by atoms with Crippen molar-refractivity contribution in [1.29, 1.82) is 0 Å². The van der Waals surface area contributed by atoms with Crippen LogP contribution in [0.3, 0.4) is 0 Å². The second-order valence-corrected chi connectivity index (χ2v) is 9.06. The molecule has 1 saturated heterocycles. The van der Waals surface area contributed by atoms with Gasteiger partial charge < -0.3 is 14.8 Å². The highest BCUT2D eigenvalue weighted by Gasteiger charge is 2.30. The monoisotopic (exact) mass is 403 g/mol. The van der Waals surface area contributed by atoms with E-state index in [-0.39, 0.29) is 18.1 Å². The summed E-state index contributed by atoms with van der Waals surface area (Å²) in [5.74, 6) is -0.712. The lowest BCUT2D eigenvalue weighted by Gasteiger charge is -2.17. The van der Waals surface area contributed by atoms with Crippen molar-refractivity contribution >= 4 is 33.3 Å². The molecule has 1 aromatic rings. The Hall–Kier alpha value is -1.80. The van der Waals surface area contributed by atoms with Gasteiger partial charge in [0.05, 0.1) is 11.5 Å². The summed E-state index contributed by atoms with van der Waals surface area (Å²) in [7, 11) is -3.09. The molecule has 144 valence electrons. The quantitative estimate of drug-likeness (QED) is 0.724. The molecule has 1 amide bonds. The van der Waals surface area contributed by atoms with Gasteiger partial charge in [0.25, 0.3) is 5.91 Å². The maximum Gasteiger partial charge on any atom is 0.344 e. The summed E-state index contributed by atoms with van der Waals surface area (Å²) in [6.45, 7) is 4.70. The fraction of sp³-hybridized carbons (Fsp3) is 0.529. The smallest absolute Gasteiger partial charge is 0.344 e. The molecule has 2 atom stereocenters. The molecule has 0 aliphatic carbocycles. The van der Waals surface area contributed by atoms with E-state index in [2.05, 4.69) is 5.32 Å². The van der Waals surface area contributed by atoms with E-state index in [0.29, 0.717) is 17.2 Å². The van der Waals surface area contributed by atoms with Crippen LogP contribution in [0, 0.1) is 13.8 Å². The van der Waals surface area contributed by atoms with Gasteiger partial charge in [-0.15, -0.1) is 0 Å². The molecule has 0 aromatic heterocycles. The van der Waals surface area contributed by atoms with E-state index in [1.807, 2.05) is 13.8 Å². The zero-order valence-electron chi connectivity index (χ0n) is 14.9. The number of amides is 1. The minimum absolute atomic E-state index is 0.0553. The molecule has 1 fully saturated rings. The number of carbonyl (C=O) groups is 2. The summed E-state index contributed by atoms with van der Waals surface area (Å²) in [6.07, 6.45) is -0.672. The fourth-order valence-electron chi connectivity index (χ4n) is 2.77. The minimum Gasteiger partial charge on any atom is -0.481 e. The predicted molar refractivity (Wildman–Crippen MR) is 97.2 cm³/mol. The van der Waals surface area contributed by atoms with Gasteiger partial charge in [-0.25, -0.2) is 13.2 Å². The van der Waals surface area contributed by atoms with Crippen molar-refractivity contribution in [3.8, 4) is 5.75 Å². The first-order chi connectivity index (χ1) is 12.1. The Morgan fingerprint density at radius 2 is 1.92 bits per heavy atom. The number of rotatable bonds is 6. The van der Waals surface area contributed by atoms with Gasteiger partial charge in [-0.05, 0) is 50.5 Å². The van der Waals surface area contributed by atoms with E-state index in [1.54, 1.807) is 12.1 Å². The van der Waals surface area contributed by atoms with Gasteiger partial charge in [0.15, 0.2) is 22.5 Å². The van der Waals surface area contributed by atoms with Crippen LogP contribution in [0.2, 0.25) is 5.02 Å². The molecule has 1 aromatic carbocycles. The normalized spacial score (nSPS) is 19.6. The average Bonchev–Trinajstić information content (AvgIpc) is 2.84. The minimum atomic E-state index is -3.09. The number of hydrogen-bond donors (Lipinski definition) is 1. The van der Waals surface area contributed by atoms with E-state index in [9.17, 15) is 18.0 Å². The van der Waals surface area contributed by atoms with Crippen LogP contribution >= 0.6 is 11.6 Å². The van der Waals surface area contributed by atoms with Gasteiger partial charge in [0.1, 0.15) is 5.75 Å². The number of hydrogen-bond acceptors (Lipinski definition) is 6. The lowest BCUT2D eigenvalue weighted by Crippen LogP contribution is -2.43. The molecule has 26 heavy (non-hydrogen) atoms. The molecule has 0 spiro atoms. The van der Waals surface area contributed by atoms with Crippen molar-refractivity contribution in [3.05, 3.63) is 28.3 Å². The Morgan fingerprint density at radius 1 is 1.31 bits per heavy atom. The number of halogens is 1. The van der Waals surface area contributed by atoms with E-state index in [0.717, 1.165) is 11.1 Å². The molecule has 0 saturated carbocycles. The van der Waals surface area contributed by atoms with Crippen molar-refractivity contribution in [2.24, 2.45) is 0 Å². The molecule has 1 heterocycles. The largest absolute Gasteiger partial charge is 0.481 e. The predicted octanol–water partition coefficient (Wildman–Crippen LogP) is 1.57. The van der Waals surface area contributed by atoms with Crippen LogP contribution in [0.15, 0.2) is 12.1 Å². The summed E-state index contributed by atoms with van der Waals surface area (Å²) in [5.41, 5.74) is 1.58. The van der Waals surface area contributed by atoms with Crippen LogP contribution in [-0.4, -0.2) is 50.6 Å². The second-order valence-electron chi connectivity index (χ2n) is 6.40. The van der Waals surface area contributed by atoms with Crippen molar-refractivity contribution in [3.63, 3.8) is 0 Å². The molecule has 9 heteroatoms. The Bertz CT molecular complexity index is 784. The van der Waals surface area contributed by atoms with E-state index in [4.69, 9.17) is 21.1 Å². The topological polar surface area (TPSA) is 98.8 Å². The molecule has 0 unspecified atom stereocenters. The van der Waals surface area contributed by atoms with Gasteiger partial charge >= 0.3 is 5.97 Å². The molecule has 0 radical (unpaired) electrons. The van der Waals surface area contributed by atoms with E-state index < -0.39 is 33.9 Å². The zero-order valence-corrected chi connectivity index (χ0v) is 16.4. The number of sulfone groups is 1. The van der Waals surface area contributed by atoms with Crippen LogP contribution in [0.25, 0.3) is 0 Å². The standard InChI is InChI=1S/C17H22ClNO6S/c1-10-6-13(18)7-11(2)16(10)24-8-15(20)25-12(3)17(21)19-14-4-5-26(22,23)9-14/h6-7,12,14H,4-5,8-9H2,1-3H3,(H,19,21)/t12-,14-/m1/s1. The molecule has 2 rings (SSSR count). The van der Waals surface area contributed by atoms with Gasteiger partial charge in [0, 0.05) is 11.1 Å². The number of esters is 1. The SMILES string of the molecule is Cc1cc(Cl)cc(C)c1OCC(=O)O[C@H](C)C(=O)N[C@@H]1CCS(=O)(=O)C1. The van der Waals surface area contributed by atoms with Crippen LogP contribution in [-0.2, 0) is 24.2 Å². The summed E-state index contributed by atoms with van der Waals surface area (Å²) < 4.78 is 33.3. The number of ether oxygens (including phenoxy) is 2. The number of benzene rings is 1. The molecule has 7 nitrogen and oxygen atoms in total. The zero-order chi connectivity index (χ0) is 19.5. The highest BCUT2D eigenvalue weighted by atomic mass is 35.5. The third-order valence-corrected chi connectivity index (χ3v) is 6.00. The van der Waals surface area contributed by atoms with Crippen LogP contribution < -0.4 is 10.1 Å². The van der Waals surface area contributed by atoms with Crippen LogP contribution in [0.4, 0.5) is 0 Å². The fourth-order valence-corrected chi connectivity index (χ4v) is 4.77. The summed E-state index contributed by atoms with van der Waals surface area (Å²) in [5, 5.41) is 3.16. The first-order valence-corrected chi connectivity index (χ1v) is 10.4. The second kappa shape index (κ2) is 8.26. The van der Waals surface area contributed by atoms with Gasteiger partial charge in [-0.3, -0.25) is 4.79 Å². The molecule has 1 aliphatic rings. The number of aryl methyl sites for hydroxylation is 2. The van der Waals surface area contributed by atoms with Crippen LogP contribution in [0.1, 0.15) is 24.5 Å². The Morgan fingerprint density at radius 3 is 2.46 bits per heavy atom. The lowest BCUT2D eigenvalue weighted by atomic mass is 10.1. The maximum absolute atomic E-state index is 12.0. The first kappa shape index (κ1) is 20.5. The van der Waals surface area contributed by atoms with Crippen LogP contribution in [0.5, 0.6) is 5.75 Å². The third-order valence-electron chi connectivity index (χ3n) is 4.02. The number of carbonyl (C=O) groups excluding carboxylic acids is 2. The van der Waals surface area contributed by atoms with Gasteiger partial charge in [-0.2, -0.15) is 0 Å². The Labute approximate surface area is 157 Å². The van der Waals surface area contributed by atoms with Crippen molar-refractivity contribution in [1.82, 2.24) is 5.32 Å². The van der Waals surface area contributed by atoms with Crippen molar-refractivity contribution < 1.29 is 27.5 Å². The molecule has 1 N–H and O–H groups in total.